The second-order valence-corrected chi connectivity index (χ2v) is 9.03. The van der Waals surface area contributed by atoms with Crippen molar-refractivity contribution in [1.29, 1.82) is 0 Å². The number of hydrogen-bond acceptors (Lipinski definition) is 2. The van der Waals surface area contributed by atoms with Crippen molar-refractivity contribution in [2.45, 2.75) is 0 Å². The van der Waals surface area contributed by atoms with Crippen LogP contribution in [-0.4, -0.2) is 0 Å². The molecule has 5 aromatic carbocycles. The van der Waals surface area contributed by atoms with Gasteiger partial charge in [0.25, 0.3) is 0 Å². The molecular formula is C30H19Cl2NO. The molecule has 0 bridgehead atoms. The minimum absolute atomic E-state index is 0.614. The van der Waals surface area contributed by atoms with Gasteiger partial charge >= 0.3 is 0 Å². The summed E-state index contributed by atoms with van der Waals surface area (Å²) in [5.41, 5.74) is 6.85. The van der Waals surface area contributed by atoms with Crippen LogP contribution in [0.25, 0.3) is 33.1 Å². The van der Waals surface area contributed by atoms with Crippen molar-refractivity contribution in [2.24, 2.45) is 0 Å². The van der Waals surface area contributed by atoms with Gasteiger partial charge in [-0.3, -0.25) is 0 Å². The molecule has 1 aromatic heterocycles. The topological polar surface area (TPSA) is 16.4 Å². The number of hydrogen-bond donors (Lipinski definition) is 0. The Morgan fingerprint density at radius 3 is 1.97 bits per heavy atom. The van der Waals surface area contributed by atoms with Crippen molar-refractivity contribution in [3.05, 3.63) is 125 Å². The van der Waals surface area contributed by atoms with Gasteiger partial charge in [0.2, 0.25) is 0 Å². The van der Waals surface area contributed by atoms with Crippen LogP contribution >= 0.6 is 23.2 Å². The lowest BCUT2D eigenvalue weighted by Gasteiger charge is -2.26. The number of halogens is 2. The predicted molar refractivity (Wildman–Crippen MR) is 144 cm³/mol. The van der Waals surface area contributed by atoms with Gasteiger partial charge in [-0.05, 0) is 71.8 Å². The van der Waals surface area contributed by atoms with E-state index in [1.165, 1.54) is 0 Å². The van der Waals surface area contributed by atoms with Gasteiger partial charge in [-0.1, -0.05) is 71.7 Å². The summed E-state index contributed by atoms with van der Waals surface area (Å²) in [6, 6.07) is 38.8. The average molecular weight is 480 g/mol. The molecule has 0 radical (unpaired) electrons. The Hall–Kier alpha value is -3.72. The summed E-state index contributed by atoms with van der Waals surface area (Å²) in [6.07, 6.45) is 0. The molecule has 0 aliphatic heterocycles. The number of fused-ring (bicyclic) bond motifs is 3. The Bertz CT molecular complexity index is 1620. The molecule has 164 valence electrons. The maximum atomic E-state index is 6.28. The summed E-state index contributed by atoms with van der Waals surface area (Å²) in [7, 11) is 0. The van der Waals surface area contributed by atoms with Gasteiger partial charge in [0, 0.05) is 43.9 Å². The first-order chi connectivity index (χ1) is 16.7. The lowest BCUT2D eigenvalue weighted by atomic mass is 10.0. The number of nitrogens with zero attached hydrogens (tertiary/aromatic N) is 1. The molecule has 0 fully saturated rings. The van der Waals surface area contributed by atoms with Crippen LogP contribution in [0.5, 0.6) is 0 Å². The highest BCUT2D eigenvalue weighted by molar-refractivity contribution is 6.35. The van der Waals surface area contributed by atoms with Crippen molar-refractivity contribution in [1.82, 2.24) is 0 Å². The highest BCUT2D eigenvalue weighted by atomic mass is 35.5. The second-order valence-electron chi connectivity index (χ2n) is 8.16. The number of para-hydroxylation sites is 2. The van der Waals surface area contributed by atoms with Gasteiger partial charge in [-0.25, -0.2) is 0 Å². The summed E-state index contributed by atoms with van der Waals surface area (Å²) >= 11 is 12.6. The quantitative estimate of drug-likeness (QED) is 0.250. The number of furan rings is 1. The van der Waals surface area contributed by atoms with Crippen LogP contribution in [-0.2, 0) is 0 Å². The highest BCUT2D eigenvalue weighted by Gasteiger charge is 2.16. The molecule has 0 saturated carbocycles. The van der Waals surface area contributed by atoms with E-state index in [1.807, 2.05) is 48.5 Å². The maximum absolute atomic E-state index is 6.28. The summed E-state index contributed by atoms with van der Waals surface area (Å²) in [6.45, 7) is 0. The molecule has 0 unspecified atom stereocenters. The number of rotatable bonds is 4. The molecule has 0 aliphatic carbocycles. The first-order valence-corrected chi connectivity index (χ1v) is 11.7. The number of anilines is 3. The molecule has 0 spiro atoms. The van der Waals surface area contributed by atoms with E-state index in [0.29, 0.717) is 10.0 Å². The fraction of sp³-hybridized carbons (Fsp3) is 0. The maximum Gasteiger partial charge on any atom is 0.137 e. The molecule has 0 saturated heterocycles. The van der Waals surface area contributed by atoms with Gasteiger partial charge < -0.3 is 9.32 Å². The van der Waals surface area contributed by atoms with Crippen LogP contribution in [0.15, 0.2) is 120 Å². The first kappa shape index (κ1) is 20.9. The fourth-order valence-electron chi connectivity index (χ4n) is 4.42. The third-order valence-corrected chi connectivity index (χ3v) is 6.37. The van der Waals surface area contributed by atoms with Gasteiger partial charge in [0.05, 0.1) is 0 Å². The lowest BCUT2D eigenvalue weighted by molar-refractivity contribution is 0.669. The molecule has 6 rings (SSSR count). The van der Waals surface area contributed by atoms with Crippen LogP contribution in [0.1, 0.15) is 0 Å². The Balaban J connectivity index is 1.52. The van der Waals surface area contributed by atoms with Crippen LogP contribution in [0.2, 0.25) is 10.0 Å². The number of benzene rings is 5. The molecule has 4 heteroatoms. The average Bonchev–Trinajstić information content (AvgIpc) is 3.22. The minimum atomic E-state index is 0.614. The van der Waals surface area contributed by atoms with Crippen molar-refractivity contribution in [2.75, 3.05) is 4.90 Å². The Kier molecular flexibility index (Phi) is 5.26. The molecule has 0 amide bonds. The highest BCUT2D eigenvalue weighted by Crippen LogP contribution is 2.39. The van der Waals surface area contributed by atoms with Gasteiger partial charge in [-0.2, -0.15) is 0 Å². The molecule has 0 aliphatic rings. The molecule has 34 heavy (non-hydrogen) atoms. The molecule has 0 N–H and O–H groups in total. The first-order valence-electron chi connectivity index (χ1n) is 11.0. The monoisotopic (exact) mass is 479 g/mol. The minimum Gasteiger partial charge on any atom is -0.456 e. The van der Waals surface area contributed by atoms with Gasteiger partial charge in [0.1, 0.15) is 11.2 Å². The van der Waals surface area contributed by atoms with E-state index >= 15 is 0 Å². The van der Waals surface area contributed by atoms with E-state index in [-0.39, 0.29) is 0 Å². The van der Waals surface area contributed by atoms with E-state index in [4.69, 9.17) is 27.6 Å². The zero-order valence-electron chi connectivity index (χ0n) is 18.1. The van der Waals surface area contributed by atoms with Gasteiger partial charge in [-0.15, -0.1) is 0 Å². The lowest BCUT2D eigenvalue weighted by Crippen LogP contribution is -2.09. The third-order valence-electron chi connectivity index (χ3n) is 5.94. The van der Waals surface area contributed by atoms with Crippen LogP contribution in [0.3, 0.4) is 0 Å². The summed E-state index contributed by atoms with van der Waals surface area (Å²) in [5, 5.41) is 3.45. The van der Waals surface area contributed by atoms with Crippen LogP contribution < -0.4 is 4.90 Å². The Labute approximate surface area is 207 Å². The normalized spacial score (nSPS) is 11.2. The Morgan fingerprint density at radius 1 is 0.471 bits per heavy atom. The van der Waals surface area contributed by atoms with Crippen molar-refractivity contribution in [3.63, 3.8) is 0 Å². The van der Waals surface area contributed by atoms with Crippen LogP contribution in [0, 0.1) is 0 Å². The molecule has 0 atom stereocenters. The van der Waals surface area contributed by atoms with Gasteiger partial charge in [0.15, 0.2) is 0 Å². The molecule has 1 heterocycles. The zero-order chi connectivity index (χ0) is 23.1. The summed E-state index contributed by atoms with van der Waals surface area (Å²) in [4.78, 5) is 2.22. The second kappa shape index (κ2) is 8.57. The zero-order valence-corrected chi connectivity index (χ0v) is 19.6. The third kappa shape index (κ3) is 3.81. The van der Waals surface area contributed by atoms with E-state index in [0.717, 1.165) is 50.1 Å². The Morgan fingerprint density at radius 2 is 1.15 bits per heavy atom. The van der Waals surface area contributed by atoms with E-state index in [1.54, 1.807) is 6.07 Å². The SMILES string of the molecule is Clc1cc(Cl)cc(-c2cccc(N(c3ccccc3)c3ccc4c(c3)oc3ccccc34)c2)c1. The summed E-state index contributed by atoms with van der Waals surface area (Å²) in [5.74, 6) is 0. The van der Waals surface area contributed by atoms with Crippen molar-refractivity contribution < 1.29 is 4.42 Å². The van der Waals surface area contributed by atoms with Crippen LogP contribution in [0.4, 0.5) is 17.1 Å². The fourth-order valence-corrected chi connectivity index (χ4v) is 4.95. The molecule has 6 aromatic rings. The van der Waals surface area contributed by atoms with E-state index in [2.05, 4.69) is 65.6 Å². The summed E-state index contributed by atoms with van der Waals surface area (Å²) < 4.78 is 6.18. The van der Waals surface area contributed by atoms with Crippen molar-refractivity contribution in [3.8, 4) is 11.1 Å². The van der Waals surface area contributed by atoms with Crippen molar-refractivity contribution >= 4 is 62.2 Å². The molecular weight excluding hydrogens is 461 g/mol. The van der Waals surface area contributed by atoms with E-state index in [9.17, 15) is 0 Å². The predicted octanol–water partition coefficient (Wildman–Crippen LogP) is 10.0. The smallest absolute Gasteiger partial charge is 0.137 e. The standard InChI is InChI=1S/C30H19Cl2NO/c31-22-15-21(16-23(32)18-22)20-7-6-10-25(17-20)33(24-8-2-1-3-9-24)26-13-14-28-27-11-4-5-12-29(27)34-30(28)19-26/h1-19H. The molecule has 2 nitrogen and oxygen atoms in total. The largest absolute Gasteiger partial charge is 0.456 e. The van der Waals surface area contributed by atoms with E-state index < -0.39 is 0 Å².